The molecule has 3 rings (SSSR count). The van der Waals surface area contributed by atoms with E-state index in [0.29, 0.717) is 33.3 Å². The van der Waals surface area contributed by atoms with Crippen molar-refractivity contribution in [3.05, 3.63) is 88.7 Å². The average Bonchev–Trinajstić information content (AvgIpc) is 2.73. The van der Waals surface area contributed by atoms with Gasteiger partial charge in [-0.15, -0.1) is 0 Å². The summed E-state index contributed by atoms with van der Waals surface area (Å²) in [6.45, 7) is 0.0321. The molecule has 0 aliphatic heterocycles. The van der Waals surface area contributed by atoms with Crippen LogP contribution in [0.4, 0.5) is 15.8 Å². The Morgan fingerprint density at radius 3 is 2.29 bits per heavy atom. The number of sulfonamides is 1. The number of hydrogen-bond acceptors (Lipinski definition) is 4. The van der Waals surface area contributed by atoms with Crippen LogP contribution in [0.3, 0.4) is 0 Å². The topological polar surface area (TPSA) is 75.7 Å². The van der Waals surface area contributed by atoms with Gasteiger partial charge in [-0.25, -0.2) is 12.8 Å². The van der Waals surface area contributed by atoms with Crippen molar-refractivity contribution < 1.29 is 22.3 Å². The molecule has 0 spiro atoms. The van der Waals surface area contributed by atoms with Crippen LogP contribution < -0.4 is 14.4 Å². The van der Waals surface area contributed by atoms with Gasteiger partial charge in [-0.1, -0.05) is 23.7 Å². The minimum absolute atomic E-state index is 0.0321. The number of amides is 1. The summed E-state index contributed by atoms with van der Waals surface area (Å²) in [6.07, 6.45) is 1.09. The molecular weight excluding hydrogens is 443 g/mol. The second-order valence-electron chi connectivity index (χ2n) is 6.74. The van der Waals surface area contributed by atoms with Crippen molar-refractivity contribution in [3.63, 3.8) is 0 Å². The summed E-state index contributed by atoms with van der Waals surface area (Å²) < 4.78 is 44.2. The molecule has 1 N–H and O–H groups in total. The van der Waals surface area contributed by atoms with E-state index in [9.17, 15) is 17.6 Å². The maximum absolute atomic E-state index is 13.1. The van der Waals surface area contributed by atoms with Crippen molar-refractivity contribution in [1.29, 1.82) is 0 Å². The zero-order valence-electron chi connectivity index (χ0n) is 16.8. The first-order valence-corrected chi connectivity index (χ1v) is 11.4. The number of anilines is 2. The largest absolute Gasteiger partial charge is 0.495 e. The Balaban J connectivity index is 1.82. The molecule has 0 aliphatic carbocycles. The lowest BCUT2D eigenvalue weighted by molar-refractivity contribution is 0.102. The molecule has 0 unspecified atom stereocenters. The third-order valence-corrected chi connectivity index (χ3v) is 5.84. The van der Waals surface area contributed by atoms with Crippen molar-refractivity contribution in [2.75, 3.05) is 23.0 Å². The summed E-state index contributed by atoms with van der Waals surface area (Å²) >= 11 is 5.99. The summed E-state index contributed by atoms with van der Waals surface area (Å²) in [5.41, 5.74) is 1.74. The fourth-order valence-electron chi connectivity index (χ4n) is 2.91. The van der Waals surface area contributed by atoms with Gasteiger partial charge in [0.1, 0.15) is 11.6 Å². The first kappa shape index (κ1) is 22.6. The molecule has 6 nitrogen and oxygen atoms in total. The van der Waals surface area contributed by atoms with E-state index in [-0.39, 0.29) is 6.54 Å². The molecule has 0 atom stereocenters. The van der Waals surface area contributed by atoms with E-state index < -0.39 is 21.7 Å². The molecule has 0 fully saturated rings. The van der Waals surface area contributed by atoms with Crippen LogP contribution >= 0.6 is 11.6 Å². The normalized spacial score (nSPS) is 11.1. The number of hydrogen-bond donors (Lipinski definition) is 1. The standard InChI is InChI=1S/C22H20ClFN2O4S/c1-30-21-12-7-17(23)13-20(21)25-22(27)16-5-10-19(11-6-16)26(31(2,28)29)14-15-3-8-18(24)9-4-15/h3-13H,14H2,1-2H3,(H,25,27). The molecule has 3 aromatic carbocycles. The highest BCUT2D eigenvalue weighted by Gasteiger charge is 2.19. The van der Waals surface area contributed by atoms with Gasteiger partial charge < -0.3 is 10.1 Å². The predicted octanol–water partition coefficient (Wildman–Crippen LogP) is 4.71. The van der Waals surface area contributed by atoms with E-state index in [0.717, 1.165) is 6.26 Å². The van der Waals surface area contributed by atoms with Gasteiger partial charge >= 0.3 is 0 Å². The van der Waals surface area contributed by atoms with E-state index >= 15 is 0 Å². The van der Waals surface area contributed by atoms with Gasteiger partial charge in [-0.3, -0.25) is 9.10 Å². The molecule has 3 aromatic rings. The molecule has 0 saturated carbocycles. The van der Waals surface area contributed by atoms with Gasteiger partial charge in [-0.2, -0.15) is 0 Å². The highest BCUT2D eigenvalue weighted by atomic mass is 35.5. The maximum atomic E-state index is 13.1. The van der Waals surface area contributed by atoms with Crippen LogP contribution in [0.5, 0.6) is 5.75 Å². The summed E-state index contributed by atoms with van der Waals surface area (Å²) in [5.74, 6) is -0.352. The van der Waals surface area contributed by atoms with Crippen LogP contribution in [-0.4, -0.2) is 27.7 Å². The van der Waals surface area contributed by atoms with Gasteiger partial charge in [0, 0.05) is 10.6 Å². The lowest BCUT2D eigenvalue weighted by Crippen LogP contribution is -2.29. The molecule has 0 bridgehead atoms. The van der Waals surface area contributed by atoms with Crippen LogP contribution in [0.25, 0.3) is 0 Å². The number of rotatable bonds is 7. The third-order valence-electron chi connectivity index (χ3n) is 4.47. The number of carbonyl (C=O) groups excluding carboxylic acids is 1. The molecular formula is C22H20ClFN2O4S. The second-order valence-corrected chi connectivity index (χ2v) is 9.08. The van der Waals surface area contributed by atoms with E-state index in [2.05, 4.69) is 5.32 Å². The minimum atomic E-state index is -3.61. The Kier molecular flexibility index (Phi) is 6.82. The van der Waals surface area contributed by atoms with Crippen LogP contribution in [0.15, 0.2) is 66.7 Å². The number of nitrogens with one attached hydrogen (secondary N) is 1. The van der Waals surface area contributed by atoms with Crippen molar-refractivity contribution in [2.45, 2.75) is 6.54 Å². The van der Waals surface area contributed by atoms with Crippen molar-refractivity contribution in [2.24, 2.45) is 0 Å². The van der Waals surface area contributed by atoms with Gasteiger partial charge in [0.15, 0.2) is 0 Å². The van der Waals surface area contributed by atoms with Crippen molar-refractivity contribution in [1.82, 2.24) is 0 Å². The molecule has 0 heterocycles. The third kappa shape index (κ3) is 5.74. The van der Waals surface area contributed by atoms with Crippen LogP contribution in [0.1, 0.15) is 15.9 Å². The predicted molar refractivity (Wildman–Crippen MR) is 120 cm³/mol. The van der Waals surface area contributed by atoms with E-state index in [1.807, 2.05) is 0 Å². The Hall–Kier alpha value is -3.10. The van der Waals surface area contributed by atoms with Crippen LogP contribution in [0, 0.1) is 5.82 Å². The number of halogens is 2. The first-order valence-electron chi connectivity index (χ1n) is 9.14. The van der Waals surface area contributed by atoms with E-state index in [1.54, 1.807) is 18.2 Å². The summed E-state index contributed by atoms with van der Waals surface area (Å²) in [5, 5.41) is 3.17. The minimum Gasteiger partial charge on any atom is -0.495 e. The summed E-state index contributed by atoms with van der Waals surface area (Å²) in [7, 11) is -2.13. The molecule has 9 heteroatoms. The number of methoxy groups -OCH3 is 1. The van der Waals surface area contributed by atoms with Crippen molar-refractivity contribution >= 4 is 38.9 Å². The average molecular weight is 463 g/mol. The van der Waals surface area contributed by atoms with Crippen LogP contribution in [-0.2, 0) is 16.6 Å². The lowest BCUT2D eigenvalue weighted by atomic mass is 10.1. The Morgan fingerprint density at radius 1 is 1.06 bits per heavy atom. The zero-order valence-corrected chi connectivity index (χ0v) is 18.4. The molecule has 0 aliphatic rings. The maximum Gasteiger partial charge on any atom is 0.255 e. The Morgan fingerprint density at radius 2 is 1.71 bits per heavy atom. The summed E-state index contributed by atoms with van der Waals surface area (Å²) in [4.78, 5) is 12.6. The lowest BCUT2D eigenvalue weighted by Gasteiger charge is -2.23. The molecule has 0 saturated heterocycles. The SMILES string of the molecule is COc1ccc(Cl)cc1NC(=O)c1ccc(N(Cc2ccc(F)cc2)S(C)(=O)=O)cc1. The van der Waals surface area contributed by atoms with Crippen LogP contribution in [0.2, 0.25) is 5.02 Å². The first-order chi connectivity index (χ1) is 14.7. The highest BCUT2D eigenvalue weighted by Crippen LogP contribution is 2.28. The fourth-order valence-corrected chi connectivity index (χ4v) is 3.97. The molecule has 1 amide bonds. The van der Waals surface area contributed by atoms with Gasteiger partial charge in [0.05, 0.1) is 31.3 Å². The molecule has 31 heavy (non-hydrogen) atoms. The van der Waals surface area contributed by atoms with E-state index in [4.69, 9.17) is 16.3 Å². The van der Waals surface area contributed by atoms with E-state index in [1.165, 1.54) is 59.9 Å². The molecule has 0 aromatic heterocycles. The number of benzene rings is 3. The highest BCUT2D eigenvalue weighted by molar-refractivity contribution is 7.92. The number of nitrogens with zero attached hydrogens (tertiary/aromatic N) is 1. The smallest absolute Gasteiger partial charge is 0.255 e. The van der Waals surface area contributed by atoms with Gasteiger partial charge in [0.2, 0.25) is 10.0 Å². The van der Waals surface area contributed by atoms with Crippen molar-refractivity contribution in [3.8, 4) is 5.75 Å². The number of ether oxygens (including phenoxy) is 1. The molecule has 0 radical (unpaired) electrons. The molecule has 162 valence electrons. The Labute approximate surface area is 185 Å². The Bertz CT molecular complexity index is 1180. The quantitative estimate of drug-likeness (QED) is 0.552. The monoisotopic (exact) mass is 462 g/mol. The number of carbonyl (C=O) groups is 1. The zero-order chi connectivity index (χ0) is 22.6. The van der Waals surface area contributed by atoms with Gasteiger partial charge in [-0.05, 0) is 60.2 Å². The van der Waals surface area contributed by atoms with Gasteiger partial charge in [0.25, 0.3) is 5.91 Å². The fraction of sp³-hybridized carbons (Fsp3) is 0.136. The second kappa shape index (κ2) is 9.36. The summed E-state index contributed by atoms with van der Waals surface area (Å²) in [6, 6.07) is 16.5.